The minimum atomic E-state index is -0.101. The van der Waals surface area contributed by atoms with Gasteiger partial charge in [-0.3, -0.25) is 9.59 Å². The lowest BCUT2D eigenvalue weighted by Gasteiger charge is -2.31. The van der Waals surface area contributed by atoms with Crippen molar-refractivity contribution in [1.29, 1.82) is 0 Å². The van der Waals surface area contributed by atoms with Crippen molar-refractivity contribution >= 4 is 40.9 Å². The third kappa shape index (κ3) is 4.89. The topological polar surface area (TPSA) is 62.6 Å². The molecule has 0 aliphatic carbocycles. The van der Waals surface area contributed by atoms with E-state index in [2.05, 4.69) is 5.32 Å². The molecule has 154 valence electrons. The number of nitrogens with zero attached hydrogens (tertiary/aromatic N) is 1. The number of benzene rings is 2. The number of nitrogens with one attached hydrogen (secondary N) is 1. The van der Waals surface area contributed by atoms with Crippen LogP contribution in [0.1, 0.15) is 23.2 Å². The van der Waals surface area contributed by atoms with Crippen molar-refractivity contribution in [3.05, 3.63) is 77.7 Å². The lowest BCUT2D eigenvalue weighted by Crippen LogP contribution is -2.41. The van der Waals surface area contributed by atoms with Crippen LogP contribution in [-0.4, -0.2) is 29.8 Å². The van der Waals surface area contributed by atoms with E-state index in [1.54, 1.807) is 22.7 Å². The molecule has 2 amide bonds. The van der Waals surface area contributed by atoms with Gasteiger partial charge in [0.25, 0.3) is 5.91 Å². The van der Waals surface area contributed by atoms with E-state index in [4.69, 9.17) is 16.0 Å². The van der Waals surface area contributed by atoms with Crippen molar-refractivity contribution < 1.29 is 14.0 Å². The summed E-state index contributed by atoms with van der Waals surface area (Å²) in [7, 11) is 0. The van der Waals surface area contributed by atoms with Gasteiger partial charge in [0.15, 0.2) is 0 Å². The predicted octanol–water partition coefficient (Wildman–Crippen LogP) is 5.58. The van der Waals surface area contributed by atoms with Gasteiger partial charge in [0.05, 0.1) is 16.8 Å². The Morgan fingerprint density at radius 2 is 1.77 bits per heavy atom. The summed E-state index contributed by atoms with van der Waals surface area (Å²) in [6.07, 6.45) is 4.24. The second-order valence-corrected chi connectivity index (χ2v) is 8.65. The predicted molar refractivity (Wildman–Crippen MR) is 118 cm³/mol. The number of hydrogen-bond acceptors (Lipinski definition) is 4. The smallest absolute Gasteiger partial charge is 0.257 e. The number of carbonyl (C=O) groups excluding carboxylic acids is 2. The molecular formula is C23H21ClN2O3S. The van der Waals surface area contributed by atoms with Gasteiger partial charge in [0.1, 0.15) is 6.26 Å². The van der Waals surface area contributed by atoms with Crippen LogP contribution in [0.3, 0.4) is 0 Å². The average molecular weight is 441 g/mol. The highest BCUT2D eigenvalue weighted by Gasteiger charge is 2.28. The van der Waals surface area contributed by atoms with Crippen molar-refractivity contribution in [3.8, 4) is 0 Å². The Hall–Kier alpha value is -2.70. The highest BCUT2D eigenvalue weighted by molar-refractivity contribution is 7.99. The number of piperidine rings is 1. The monoisotopic (exact) mass is 440 g/mol. The molecule has 0 unspecified atom stereocenters. The SMILES string of the molecule is O=C(Nc1ccc(Sc2ccccc2Cl)cc1)C1CCN(C(=O)c2ccoc2)CC1. The van der Waals surface area contributed by atoms with Gasteiger partial charge >= 0.3 is 0 Å². The van der Waals surface area contributed by atoms with Crippen LogP contribution in [0, 0.1) is 5.92 Å². The first-order valence-corrected chi connectivity index (χ1v) is 10.9. The molecule has 2 aromatic carbocycles. The number of likely N-dealkylation sites (tertiary alicyclic amines) is 1. The first kappa shape index (κ1) is 20.6. The molecule has 7 heteroatoms. The molecular weight excluding hydrogens is 420 g/mol. The summed E-state index contributed by atoms with van der Waals surface area (Å²) < 4.78 is 4.98. The molecule has 1 aliphatic heterocycles. The van der Waals surface area contributed by atoms with E-state index < -0.39 is 0 Å². The second-order valence-electron chi connectivity index (χ2n) is 7.12. The first-order valence-electron chi connectivity index (χ1n) is 9.75. The van der Waals surface area contributed by atoms with Crippen LogP contribution in [0.5, 0.6) is 0 Å². The highest BCUT2D eigenvalue weighted by Crippen LogP contribution is 2.33. The van der Waals surface area contributed by atoms with E-state index in [0.717, 1.165) is 20.5 Å². The van der Waals surface area contributed by atoms with Gasteiger partial charge in [-0.2, -0.15) is 0 Å². The Morgan fingerprint density at radius 3 is 2.43 bits per heavy atom. The maximum absolute atomic E-state index is 12.6. The van der Waals surface area contributed by atoms with E-state index in [1.807, 2.05) is 48.5 Å². The fraction of sp³-hybridized carbons (Fsp3) is 0.217. The molecule has 4 rings (SSSR count). The zero-order valence-electron chi connectivity index (χ0n) is 16.2. The van der Waals surface area contributed by atoms with Crippen LogP contribution < -0.4 is 5.32 Å². The Kier molecular flexibility index (Phi) is 6.45. The number of anilines is 1. The summed E-state index contributed by atoms with van der Waals surface area (Å²) >= 11 is 7.79. The number of rotatable bonds is 5. The minimum Gasteiger partial charge on any atom is -0.472 e. The number of amides is 2. The Balaban J connectivity index is 1.29. The largest absolute Gasteiger partial charge is 0.472 e. The fourth-order valence-corrected chi connectivity index (χ4v) is 4.51. The zero-order valence-corrected chi connectivity index (χ0v) is 17.8. The third-order valence-corrected chi connectivity index (χ3v) is 6.63. The second kappa shape index (κ2) is 9.41. The van der Waals surface area contributed by atoms with Gasteiger partial charge in [0, 0.05) is 34.5 Å². The molecule has 0 spiro atoms. The molecule has 30 heavy (non-hydrogen) atoms. The van der Waals surface area contributed by atoms with Gasteiger partial charge < -0.3 is 14.6 Å². The minimum absolute atomic E-state index is 0.00285. The van der Waals surface area contributed by atoms with Crippen LogP contribution in [-0.2, 0) is 4.79 Å². The van der Waals surface area contributed by atoms with E-state index in [0.29, 0.717) is 31.5 Å². The Bertz CT molecular complexity index is 1010. The molecule has 0 bridgehead atoms. The van der Waals surface area contributed by atoms with Crippen LogP contribution in [0.2, 0.25) is 5.02 Å². The van der Waals surface area contributed by atoms with Crippen molar-refractivity contribution in [2.75, 3.05) is 18.4 Å². The summed E-state index contributed by atoms with van der Waals surface area (Å²) in [5.74, 6) is -0.151. The molecule has 1 fully saturated rings. The van der Waals surface area contributed by atoms with Crippen molar-refractivity contribution in [2.24, 2.45) is 5.92 Å². The lowest BCUT2D eigenvalue weighted by molar-refractivity contribution is -0.121. The zero-order chi connectivity index (χ0) is 20.9. The van der Waals surface area contributed by atoms with Gasteiger partial charge in [-0.15, -0.1) is 0 Å². The molecule has 0 radical (unpaired) electrons. The van der Waals surface area contributed by atoms with Crippen molar-refractivity contribution in [1.82, 2.24) is 4.90 Å². The molecule has 0 atom stereocenters. The molecule has 2 heterocycles. The summed E-state index contributed by atoms with van der Waals surface area (Å²) in [5.41, 5.74) is 1.31. The summed E-state index contributed by atoms with van der Waals surface area (Å²) in [6, 6.07) is 17.1. The van der Waals surface area contributed by atoms with E-state index in [1.165, 1.54) is 12.5 Å². The van der Waals surface area contributed by atoms with E-state index in [9.17, 15) is 9.59 Å². The number of carbonyl (C=O) groups is 2. The van der Waals surface area contributed by atoms with Gasteiger partial charge in [-0.25, -0.2) is 0 Å². The third-order valence-electron chi connectivity index (χ3n) is 5.11. The van der Waals surface area contributed by atoms with Crippen LogP contribution in [0.15, 0.2) is 81.3 Å². The molecule has 5 nitrogen and oxygen atoms in total. The van der Waals surface area contributed by atoms with E-state index >= 15 is 0 Å². The first-order chi connectivity index (χ1) is 14.6. The molecule has 1 aromatic heterocycles. The van der Waals surface area contributed by atoms with Crippen molar-refractivity contribution in [2.45, 2.75) is 22.6 Å². The molecule has 1 N–H and O–H groups in total. The summed E-state index contributed by atoms with van der Waals surface area (Å²) in [5, 5.41) is 3.71. The average Bonchev–Trinajstić information content (AvgIpc) is 3.31. The molecule has 1 saturated heterocycles. The van der Waals surface area contributed by atoms with Crippen LogP contribution in [0.4, 0.5) is 5.69 Å². The molecule has 3 aromatic rings. The summed E-state index contributed by atoms with van der Waals surface area (Å²) in [6.45, 7) is 1.13. The van der Waals surface area contributed by atoms with Gasteiger partial charge in [-0.05, 0) is 55.3 Å². The summed E-state index contributed by atoms with van der Waals surface area (Å²) in [4.78, 5) is 28.8. The fourth-order valence-electron chi connectivity index (χ4n) is 3.42. The highest BCUT2D eigenvalue weighted by atomic mass is 35.5. The maximum atomic E-state index is 12.6. The maximum Gasteiger partial charge on any atom is 0.257 e. The standard InChI is InChI=1S/C23H21ClN2O3S/c24-20-3-1-2-4-21(20)30-19-7-5-18(6-8-19)25-22(27)16-9-12-26(13-10-16)23(28)17-11-14-29-15-17/h1-8,11,14-16H,9-10,12-13H2,(H,25,27). The number of hydrogen-bond donors (Lipinski definition) is 1. The Morgan fingerprint density at radius 1 is 1.03 bits per heavy atom. The molecule has 0 saturated carbocycles. The van der Waals surface area contributed by atoms with Crippen LogP contribution >= 0.6 is 23.4 Å². The van der Waals surface area contributed by atoms with Gasteiger partial charge in [-0.1, -0.05) is 35.5 Å². The molecule has 1 aliphatic rings. The Labute approximate surface area is 184 Å². The van der Waals surface area contributed by atoms with Crippen molar-refractivity contribution in [3.63, 3.8) is 0 Å². The number of halogens is 1. The van der Waals surface area contributed by atoms with Gasteiger partial charge in [0.2, 0.25) is 5.91 Å². The normalized spacial score (nSPS) is 14.5. The quantitative estimate of drug-likeness (QED) is 0.563. The van der Waals surface area contributed by atoms with Crippen LogP contribution in [0.25, 0.3) is 0 Å². The van der Waals surface area contributed by atoms with E-state index in [-0.39, 0.29) is 17.7 Å². The lowest BCUT2D eigenvalue weighted by atomic mass is 9.95. The number of furan rings is 1.